The number of Topliss-reactive ketones (excluding diaryl/α,β-unsaturated/α-hetero) is 1. The number of ketones is 1. The predicted octanol–water partition coefficient (Wildman–Crippen LogP) is 4.03. The van der Waals surface area contributed by atoms with Gasteiger partial charge in [0.1, 0.15) is 11.9 Å². The average Bonchev–Trinajstić information content (AvgIpc) is 2.40. The third-order valence-corrected chi connectivity index (χ3v) is 2.82. The number of hydrogen-bond acceptors (Lipinski definition) is 2. The quantitative estimate of drug-likeness (QED) is 0.754. The van der Waals surface area contributed by atoms with Crippen LogP contribution in [-0.2, 0) is 0 Å². The Kier molecular flexibility index (Phi) is 3.78. The summed E-state index contributed by atoms with van der Waals surface area (Å²) >= 11 is 0. The Morgan fingerprint density at radius 1 is 1.06 bits per heavy atom. The van der Waals surface area contributed by atoms with Gasteiger partial charge in [0.2, 0.25) is 0 Å². The smallest absolute Gasteiger partial charge is 0.159 e. The molecule has 1 unspecified atom stereocenters. The molecule has 2 rings (SSSR count). The van der Waals surface area contributed by atoms with Crippen LogP contribution < -0.4 is 4.74 Å². The molecule has 0 aliphatic heterocycles. The Morgan fingerprint density at radius 3 is 2.44 bits per heavy atom. The maximum atomic E-state index is 11.3. The first-order valence-electron chi connectivity index (χ1n) is 5.99. The summed E-state index contributed by atoms with van der Waals surface area (Å²) < 4.78 is 5.84. The molecule has 0 aliphatic rings. The Hall–Kier alpha value is -2.09. The van der Waals surface area contributed by atoms with E-state index in [1.54, 1.807) is 19.1 Å². The highest BCUT2D eigenvalue weighted by Gasteiger charge is 2.07. The molecule has 0 saturated carbocycles. The van der Waals surface area contributed by atoms with Crippen LogP contribution >= 0.6 is 0 Å². The SMILES string of the molecule is CC(=O)c1cccc(OC(C)c2ccccc2)c1. The molecule has 2 nitrogen and oxygen atoms in total. The van der Waals surface area contributed by atoms with E-state index < -0.39 is 0 Å². The van der Waals surface area contributed by atoms with E-state index >= 15 is 0 Å². The van der Waals surface area contributed by atoms with Crippen LogP contribution in [0, 0.1) is 0 Å². The lowest BCUT2D eigenvalue weighted by Crippen LogP contribution is -2.03. The molecule has 2 aromatic rings. The van der Waals surface area contributed by atoms with Crippen molar-refractivity contribution in [2.24, 2.45) is 0 Å². The van der Waals surface area contributed by atoms with Crippen LogP contribution in [0.1, 0.15) is 35.9 Å². The average molecular weight is 240 g/mol. The van der Waals surface area contributed by atoms with Crippen LogP contribution in [0.2, 0.25) is 0 Å². The van der Waals surface area contributed by atoms with E-state index in [1.807, 2.05) is 49.4 Å². The molecule has 2 heteroatoms. The molecule has 0 saturated heterocycles. The van der Waals surface area contributed by atoms with E-state index in [4.69, 9.17) is 4.74 Å². The largest absolute Gasteiger partial charge is 0.486 e. The van der Waals surface area contributed by atoms with Gasteiger partial charge in [0.05, 0.1) is 0 Å². The summed E-state index contributed by atoms with van der Waals surface area (Å²) in [5.41, 5.74) is 1.79. The van der Waals surface area contributed by atoms with Gasteiger partial charge in [0.25, 0.3) is 0 Å². The standard InChI is InChI=1S/C16H16O2/c1-12(17)15-9-6-10-16(11-15)18-13(2)14-7-4-3-5-8-14/h3-11,13H,1-2H3. The van der Waals surface area contributed by atoms with Crippen molar-refractivity contribution < 1.29 is 9.53 Å². The van der Waals surface area contributed by atoms with Gasteiger partial charge < -0.3 is 4.74 Å². The summed E-state index contributed by atoms with van der Waals surface area (Å²) in [6.45, 7) is 3.55. The topological polar surface area (TPSA) is 26.3 Å². The molecule has 18 heavy (non-hydrogen) atoms. The molecule has 0 radical (unpaired) electrons. The van der Waals surface area contributed by atoms with E-state index in [9.17, 15) is 4.79 Å². The van der Waals surface area contributed by atoms with Crippen molar-refractivity contribution in [1.29, 1.82) is 0 Å². The van der Waals surface area contributed by atoms with Crippen molar-refractivity contribution in [2.45, 2.75) is 20.0 Å². The molecule has 0 fully saturated rings. The zero-order chi connectivity index (χ0) is 13.0. The number of ether oxygens (including phenoxy) is 1. The van der Waals surface area contributed by atoms with Crippen molar-refractivity contribution in [2.75, 3.05) is 0 Å². The molecule has 0 heterocycles. The van der Waals surface area contributed by atoms with Gasteiger partial charge in [-0.2, -0.15) is 0 Å². The van der Waals surface area contributed by atoms with E-state index in [0.717, 1.165) is 11.3 Å². The number of hydrogen-bond donors (Lipinski definition) is 0. The lowest BCUT2D eigenvalue weighted by Gasteiger charge is -2.15. The van der Waals surface area contributed by atoms with Gasteiger partial charge in [-0.1, -0.05) is 42.5 Å². The summed E-state index contributed by atoms with van der Waals surface area (Å²) in [5.74, 6) is 0.770. The Labute approximate surface area is 107 Å². The number of benzene rings is 2. The van der Waals surface area contributed by atoms with Crippen LogP contribution in [0.5, 0.6) is 5.75 Å². The highest BCUT2D eigenvalue weighted by molar-refractivity contribution is 5.94. The van der Waals surface area contributed by atoms with Gasteiger partial charge in [-0.15, -0.1) is 0 Å². The molecule has 92 valence electrons. The second-order valence-corrected chi connectivity index (χ2v) is 4.25. The summed E-state index contributed by atoms with van der Waals surface area (Å²) in [4.78, 5) is 11.3. The first-order valence-corrected chi connectivity index (χ1v) is 5.99. The number of carbonyl (C=O) groups excluding carboxylic acids is 1. The molecule has 0 N–H and O–H groups in total. The summed E-state index contributed by atoms with van der Waals surface area (Å²) in [6.07, 6.45) is -0.0339. The Morgan fingerprint density at radius 2 is 1.78 bits per heavy atom. The van der Waals surface area contributed by atoms with Gasteiger partial charge in [-0.05, 0) is 31.5 Å². The number of rotatable bonds is 4. The molecule has 1 atom stereocenters. The fraction of sp³-hybridized carbons (Fsp3) is 0.188. The van der Waals surface area contributed by atoms with Crippen molar-refractivity contribution >= 4 is 5.78 Å². The third kappa shape index (κ3) is 2.98. The van der Waals surface area contributed by atoms with Crippen LogP contribution in [0.15, 0.2) is 54.6 Å². The first kappa shape index (κ1) is 12.4. The van der Waals surface area contributed by atoms with Crippen LogP contribution in [0.4, 0.5) is 0 Å². The van der Waals surface area contributed by atoms with E-state index in [-0.39, 0.29) is 11.9 Å². The van der Waals surface area contributed by atoms with Gasteiger partial charge >= 0.3 is 0 Å². The number of carbonyl (C=O) groups is 1. The molecule has 0 amide bonds. The molecule has 2 aromatic carbocycles. The first-order chi connectivity index (χ1) is 8.66. The molecule has 0 aromatic heterocycles. The highest BCUT2D eigenvalue weighted by atomic mass is 16.5. The van der Waals surface area contributed by atoms with Crippen molar-refractivity contribution in [3.8, 4) is 5.75 Å². The monoisotopic (exact) mass is 240 g/mol. The minimum Gasteiger partial charge on any atom is -0.486 e. The van der Waals surface area contributed by atoms with Crippen LogP contribution in [0.3, 0.4) is 0 Å². The fourth-order valence-electron chi connectivity index (χ4n) is 1.78. The zero-order valence-corrected chi connectivity index (χ0v) is 10.6. The molecule has 0 aliphatic carbocycles. The summed E-state index contributed by atoms with van der Waals surface area (Å²) in [7, 11) is 0. The van der Waals surface area contributed by atoms with Crippen molar-refractivity contribution in [3.63, 3.8) is 0 Å². The Bertz CT molecular complexity index is 532. The van der Waals surface area contributed by atoms with E-state index in [0.29, 0.717) is 5.56 Å². The second kappa shape index (κ2) is 5.50. The van der Waals surface area contributed by atoms with Crippen LogP contribution in [-0.4, -0.2) is 5.78 Å². The summed E-state index contributed by atoms with van der Waals surface area (Å²) in [6, 6.07) is 17.3. The van der Waals surface area contributed by atoms with E-state index in [1.165, 1.54) is 0 Å². The fourth-order valence-corrected chi connectivity index (χ4v) is 1.78. The maximum Gasteiger partial charge on any atom is 0.159 e. The van der Waals surface area contributed by atoms with Crippen molar-refractivity contribution in [1.82, 2.24) is 0 Å². The van der Waals surface area contributed by atoms with Gasteiger partial charge in [-0.25, -0.2) is 0 Å². The lowest BCUT2D eigenvalue weighted by atomic mass is 10.1. The normalized spacial score (nSPS) is 11.9. The minimum absolute atomic E-state index is 0.0339. The molecular formula is C16H16O2. The zero-order valence-electron chi connectivity index (χ0n) is 10.6. The molecule has 0 spiro atoms. The van der Waals surface area contributed by atoms with Gasteiger partial charge in [0.15, 0.2) is 5.78 Å². The van der Waals surface area contributed by atoms with E-state index in [2.05, 4.69) is 0 Å². The Balaban J connectivity index is 2.14. The van der Waals surface area contributed by atoms with Crippen molar-refractivity contribution in [3.05, 3.63) is 65.7 Å². The maximum absolute atomic E-state index is 11.3. The minimum atomic E-state index is -0.0339. The van der Waals surface area contributed by atoms with Gasteiger partial charge in [-0.3, -0.25) is 4.79 Å². The molecular weight excluding hydrogens is 224 g/mol. The lowest BCUT2D eigenvalue weighted by molar-refractivity contribution is 0.101. The van der Waals surface area contributed by atoms with Crippen LogP contribution in [0.25, 0.3) is 0 Å². The third-order valence-electron chi connectivity index (χ3n) is 2.82. The summed E-state index contributed by atoms with van der Waals surface area (Å²) in [5, 5.41) is 0. The van der Waals surface area contributed by atoms with Gasteiger partial charge in [0, 0.05) is 5.56 Å². The second-order valence-electron chi connectivity index (χ2n) is 4.25. The molecule has 0 bridgehead atoms. The predicted molar refractivity (Wildman–Crippen MR) is 71.9 cm³/mol. The highest BCUT2D eigenvalue weighted by Crippen LogP contribution is 2.22.